The second-order valence-electron chi connectivity index (χ2n) is 7.95. The van der Waals surface area contributed by atoms with E-state index < -0.39 is 58.5 Å². The molecule has 1 unspecified atom stereocenters. The lowest BCUT2D eigenvalue weighted by Crippen LogP contribution is -2.43. The zero-order chi connectivity index (χ0) is 26.2. The van der Waals surface area contributed by atoms with Gasteiger partial charge in [-0.05, 0) is 55.3 Å². The maximum atomic E-state index is 13.1. The molecule has 13 heteroatoms. The molecule has 1 N–H and O–H groups in total. The molecule has 1 aliphatic heterocycles. The number of piperidine rings is 1. The number of nitrogens with one attached hydrogen (secondary N) is 1. The van der Waals surface area contributed by atoms with Crippen LogP contribution in [-0.4, -0.2) is 29.8 Å². The van der Waals surface area contributed by atoms with Crippen LogP contribution in [0.4, 0.5) is 45.2 Å². The number of likely N-dealkylation sites (tertiary alicyclic amines) is 1. The van der Waals surface area contributed by atoms with Gasteiger partial charge in [0.1, 0.15) is 0 Å². The predicted molar refractivity (Wildman–Crippen MR) is 105 cm³/mol. The van der Waals surface area contributed by atoms with E-state index in [-0.39, 0.29) is 37.7 Å². The average Bonchev–Trinajstić information content (AvgIpc) is 2.77. The van der Waals surface area contributed by atoms with Gasteiger partial charge in [0.2, 0.25) is 5.91 Å². The Hall–Kier alpha value is -3.25. The molecular formula is C22H17F9N2O2. The van der Waals surface area contributed by atoms with Gasteiger partial charge in [0, 0.05) is 24.3 Å². The Morgan fingerprint density at radius 2 is 1.29 bits per heavy atom. The molecule has 2 amide bonds. The van der Waals surface area contributed by atoms with E-state index in [1.54, 1.807) is 0 Å². The third-order valence-corrected chi connectivity index (χ3v) is 5.39. The maximum absolute atomic E-state index is 13.1. The van der Waals surface area contributed by atoms with E-state index in [0.29, 0.717) is 12.1 Å². The van der Waals surface area contributed by atoms with Crippen molar-refractivity contribution in [3.05, 3.63) is 64.7 Å². The fourth-order valence-electron chi connectivity index (χ4n) is 3.62. The highest BCUT2D eigenvalue weighted by Gasteiger charge is 2.38. The highest BCUT2D eigenvalue weighted by atomic mass is 19.4. The molecule has 1 fully saturated rings. The molecule has 0 spiro atoms. The summed E-state index contributed by atoms with van der Waals surface area (Å²) in [6.07, 6.45) is -14.3. The quantitative estimate of drug-likeness (QED) is 0.496. The minimum Gasteiger partial charge on any atom is -0.338 e. The molecule has 1 saturated heterocycles. The van der Waals surface area contributed by atoms with Crippen molar-refractivity contribution in [2.75, 3.05) is 18.4 Å². The number of benzene rings is 2. The first-order valence-corrected chi connectivity index (χ1v) is 10.1. The van der Waals surface area contributed by atoms with Gasteiger partial charge in [0.15, 0.2) is 0 Å². The van der Waals surface area contributed by atoms with Crippen LogP contribution in [0.3, 0.4) is 0 Å². The number of carbonyl (C=O) groups excluding carboxylic acids is 2. The molecule has 1 atom stereocenters. The minimum absolute atomic E-state index is 0.000486. The molecule has 2 aromatic carbocycles. The highest BCUT2D eigenvalue weighted by Crippen LogP contribution is 2.37. The molecule has 2 aromatic rings. The van der Waals surface area contributed by atoms with Crippen molar-refractivity contribution in [2.24, 2.45) is 5.92 Å². The summed E-state index contributed by atoms with van der Waals surface area (Å²) in [5.74, 6) is -2.63. The topological polar surface area (TPSA) is 49.4 Å². The zero-order valence-corrected chi connectivity index (χ0v) is 17.6. The van der Waals surface area contributed by atoms with Crippen LogP contribution in [-0.2, 0) is 23.3 Å². The summed E-state index contributed by atoms with van der Waals surface area (Å²) < 4.78 is 117. The number of anilines is 1. The summed E-state index contributed by atoms with van der Waals surface area (Å²) in [6.45, 7) is -0.288. The molecule has 0 radical (unpaired) electrons. The number of carbonyl (C=O) groups is 2. The van der Waals surface area contributed by atoms with Crippen LogP contribution in [0.2, 0.25) is 0 Å². The first-order valence-electron chi connectivity index (χ1n) is 10.1. The van der Waals surface area contributed by atoms with Crippen molar-refractivity contribution in [1.29, 1.82) is 0 Å². The molecule has 190 valence electrons. The number of hydrogen-bond acceptors (Lipinski definition) is 2. The molecule has 0 aromatic heterocycles. The van der Waals surface area contributed by atoms with Crippen molar-refractivity contribution in [1.82, 2.24) is 4.90 Å². The van der Waals surface area contributed by atoms with Crippen LogP contribution in [0.5, 0.6) is 0 Å². The number of amides is 2. The Balaban J connectivity index is 1.76. The van der Waals surface area contributed by atoms with Crippen LogP contribution in [0.15, 0.2) is 42.5 Å². The van der Waals surface area contributed by atoms with Gasteiger partial charge >= 0.3 is 18.5 Å². The lowest BCUT2D eigenvalue weighted by molar-refractivity contribution is -0.143. The van der Waals surface area contributed by atoms with Crippen LogP contribution in [0.1, 0.15) is 39.9 Å². The van der Waals surface area contributed by atoms with Crippen LogP contribution in [0, 0.1) is 5.92 Å². The fraction of sp³-hybridized carbons (Fsp3) is 0.364. The monoisotopic (exact) mass is 512 g/mol. The smallest absolute Gasteiger partial charge is 0.338 e. The Kier molecular flexibility index (Phi) is 7.09. The van der Waals surface area contributed by atoms with Crippen LogP contribution in [0.25, 0.3) is 0 Å². The molecule has 1 aliphatic rings. The van der Waals surface area contributed by atoms with Gasteiger partial charge in [-0.25, -0.2) is 0 Å². The summed E-state index contributed by atoms with van der Waals surface area (Å²) in [6, 6.07) is 4.15. The molecule has 0 bridgehead atoms. The van der Waals surface area contributed by atoms with E-state index in [1.165, 1.54) is 0 Å². The van der Waals surface area contributed by atoms with Gasteiger partial charge in [0.05, 0.1) is 22.6 Å². The second-order valence-corrected chi connectivity index (χ2v) is 7.95. The van der Waals surface area contributed by atoms with E-state index in [1.807, 2.05) is 0 Å². The van der Waals surface area contributed by atoms with Crippen molar-refractivity contribution >= 4 is 17.5 Å². The summed E-state index contributed by atoms with van der Waals surface area (Å²) in [7, 11) is 0. The van der Waals surface area contributed by atoms with Crippen molar-refractivity contribution in [2.45, 2.75) is 31.4 Å². The molecule has 0 saturated carbocycles. The highest BCUT2D eigenvalue weighted by molar-refractivity contribution is 5.96. The number of halogens is 9. The summed E-state index contributed by atoms with van der Waals surface area (Å²) >= 11 is 0. The number of rotatable bonds is 3. The van der Waals surface area contributed by atoms with Gasteiger partial charge in [-0.15, -0.1) is 0 Å². The molecule has 35 heavy (non-hydrogen) atoms. The van der Waals surface area contributed by atoms with Gasteiger partial charge < -0.3 is 10.2 Å². The van der Waals surface area contributed by atoms with E-state index in [0.717, 1.165) is 29.2 Å². The van der Waals surface area contributed by atoms with E-state index in [2.05, 4.69) is 5.32 Å². The van der Waals surface area contributed by atoms with Crippen LogP contribution < -0.4 is 5.32 Å². The maximum Gasteiger partial charge on any atom is 0.416 e. The summed E-state index contributed by atoms with van der Waals surface area (Å²) in [5, 5.41) is 2.41. The van der Waals surface area contributed by atoms with Gasteiger partial charge in [0.25, 0.3) is 5.91 Å². The lowest BCUT2D eigenvalue weighted by atomic mass is 9.95. The Morgan fingerprint density at radius 3 is 1.77 bits per heavy atom. The van der Waals surface area contributed by atoms with E-state index in [9.17, 15) is 49.1 Å². The standard InChI is InChI=1S/C22H17F9N2O2/c23-20(24,25)14-3-5-17(6-4-14)32-18(34)12-2-1-7-33(11-12)19(35)13-8-15(21(26,27)28)10-16(9-13)22(29,30)31/h3-6,8-10,12H,1-2,7,11H2,(H,32,34). The largest absolute Gasteiger partial charge is 0.416 e. The molecular weight excluding hydrogens is 495 g/mol. The van der Waals surface area contributed by atoms with Crippen molar-refractivity contribution < 1.29 is 49.1 Å². The molecule has 3 rings (SSSR count). The Bertz CT molecular complexity index is 1060. The van der Waals surface area contributed by atoms with Gasteiger partial charge in [-0.1, -0.05) is 0 Å². The SMILES string of the molecule is O=C(Nc1ccc(C(F)(F)F)cc1)C1CCCN(C(=O)c2cc(C(F)(F)F)cc(C(F)(F)F)c2)C1. The van der Waals surface area contributed by atoms with Crippen molar-refractivity contribution in [3.8, 4) is 0 Å². The Labute approximate surface area is 192 Å². The Morgan fingerprint density at radius 1 is 0.771 bits per heavy atom. The van der Waals surface area contributed by atoms with E-state index in [4.69, 9.17) is 0 Å². The number of alkyl halides is 9. The van der Waals surface area contributed by atoms with Crippen molar-refractivity contribution in [3.63, 3.8) is 0 Å². The minimum atomic E-state index is -5.12. The molecule has 1 heterocycles. The van der Waals surface area contributed by atoms with E-state index >= 15 is 0 Å². The third-order valence-electron chi connectivity index (χ3n) is 5.39. The molecule has 4 nitrogen and oxygen atoms in total. The van der Waals surface area contributed by atoms with Crippen LogP contribution >= 0.6 is 0 Å². The average molecular weight is 512 g/mol. The summed E-state index contributed by atoms with van der Waals surface area (Å²) in [4.78, 5) is 26.3. The third kappa shape index (κ3) is 6.45. The zero-order valence-electron chi connectivity index (χ0n) is 17.6. The van der Waals surface area contributed by atoms with Gasteiger partial charge in [-0.3, -0.25) is 9.59 Å². The normalized spacial score (nSPS) is 17.3. The predicted octanol–water partition coefficient (Wildman–Crippen LogP) is 6.23. The lowest BCUT2D eigenvalue weighted by Gasteiger charge is -2.32. The molecule has 0 aliphatic carbocycles. The fourth-order valence-corrected chi connectivity index (χ4v) is 3.62. The first-order chi connectivity index (χ1) is 16.1. The first kappa shape index (κ1) is 26.4. The second kappa shape index (κ2) is 9.42. The number of nitrogens with zero attached hydrogens (tertiary/aromatic N) is 1. The number of hydrogen-bond donors (Lipinski definition) is 1. The summed E-state index contributed by atoms with van der Waals surface area (Å²) in [5.41, 5.74) is -4.96. The van der Waals surface area contributed by atoms with Gasteiger partial charge in [-0.2, -0.15) is 39.5 Å².